The van der Waals surface area contributed by atoms with E-state index in [0.29, 0.717) is 0 Å². The molecule has 4 nitrogen and oxygen atoms in total. The number of ether oxygens (including phenoxy) is 2. The Morgan fingerprint density at radius 1 is 1.18 bits per heavy atom. The summed E-state index contributed by atoms with van der Waals surface area (Å²) in [5, 5.41) is 0. The molecule has 2 unspecified atom stereocenters. The van der Waals surface area contributed by atoms with Crippen molar-refractivity contribution in [3.63, 3.8) is 0 Å². The van der Waals surface area contributed by atoms with E-state index in [2.05, 4.69) is 4.74 Å². The number of rotatable bonds is 4. The van der Waals surface area contributed by atoms with Crippen LogP contribution in [-0.4, -0.2) is 25.2 Å². The van der Waals surface area contributed by atoms with Gasteiger partial charge in [-0.15, -0.1) is 0 Å². The molecule has 0 aromatic carbocycles. The Morgan fingerprint density at radius 3 is 2.06 bits per heavy atom. The van der Waals surface area contributed by atoms with Crippen molar-refractivity contribution in [2.45, 2.75) is 40.7 Å². The molecule has 0 heterocycles. The van der Waals surface area contributed by atoms with Gasteiger partial charge in [-0.3, -0.25) is 9.59 Å². The van der Waals surface area contributed by atoms with Crippen molar-refractivity contribution >= 4 is 11.9 Å². The second-order valence-corrected chi connectivity index (χ2v) is 5.09. The highest BCUT2D eigenvalue weighted by molar-refractivity contribution is 5.73. The third-order valence-corrected chi connectivity index (χ3v) is 2.29. The highest BCUT2D eigenvalue weighted by Gasteiger charge is 2.25. The molecule has 0 amide bonds. The highest BCUT2D eigenvalue weighted by atomic mass is 16.5. The van der Waals surface area contributed by atoms with Crippen LogP contribution in [0.3, 0.4) is 0 Å². The predicted octanol–water partition coefficient (Wildman–Crippen LogP) is 2.33. The molecular weight excluding hydrogens is 220 g/mol. The Hall–Kier alpha value is -1.32. The van der Waals surface area contributed by atoms with Crippen molar-refractivity contribution in [1.29, 1.82) is 0 Å². The monoisotopic (exact) mass is 242 g/mol. The SMILES string of the molecule is COC(=O)C(C)/C=C/C(OC(C)=O)C(C)(C)C. The molecule has 0 aliphatic heterocycles. The summed E-state index contributed by atoms with van der Waals surface area (Å²) in [6, 6.07) is 0. The molecule has 0 fully saturated rings. The normalized spacial score (nSPS) is 15.4. The van der Waals surface area contributed by atoms with Crippen LogP contribution in [0.2, 0.25) is 0 Å². The largest absolute Gasteiger partial charge is 0.469 e. The summed E-state index contributed by atoms with van der Waals surface area (Å²) in [6.45, 7) is 9.00. The van der Waals surface area contributed by atoms with Crippen molar-refractivity contribution < 1.29 is 19.1 Å². The molecule has 0 aromatic rings. The van der Waals surface area contributed by atoms with Crippen molar-refractivity contribution in [3.8, 4) is 0 Å². The molecule has 17 heavy (non-hydrogen) atoms. The van der Waals surface area contributed by atoms with Gasteiger partial charge in [0.25, 0.3) is 0 Å². The number of esters is 2. The van der Waals surface area contributed by atoms with Crippen LogP contribution in [0, 0.1) is 11.3 Å². The molecule has 0 saturated carbocycles. The molecule has 0 radical (unpaired) electrons. The highest BCUT2D eigenvalue weighted by Crippen LogP contribution is 2.24. The third kappa shape index (κ3) is 6.09. The number of hydrogen-bond acceptors (Lipinski definition) is 4. The van der Waals surface area contributed by atoms with E-state index in [1.165, 1.54) is 14.0 Å². The molecule has 2 atom stereocenters. The molecule has 98 valence electrons. The number of methoxy groups -OCH3 is 1. The lowest BCUT2D eigenvalue weighted by Crippen LogP contribution is -2.29. The predicted molar refractivity (Wildman–Crippen MR) is 65.3 cm³/mol. The first-order valence-electron chi connectivity index (χ1n) is 5.62. The molecule has 0 aromatic heterocycles. The van der Waals surface area contributed by atoms with Crippen LogP contribution in [-0.2, 0) is 19.1 Å². The van der Waals surface area contributed by atoms with E-state index >= 15 is 0 Å². The van der Waals surface area contributed by atoms with E-state index in [1.807, 2.05) is 20.8 Å². The average molecular weight is 242 g/mol. The van der Waals surface area contributed by atoms with Crippen LogP contribution >= 0.6 is 0 Å². The lowest BCUT2D eigenvalue weighted by Gasteiger charge is -2.27. The van der Waals surface area contributed by atoms with E-state index < -0.39 is 0 Å². The van der Waals surface area contributed by atoms with Gasteiger partial charge < -0.3 is 9.47 Å². The second-order valence-electron chi connectivity index (χ2n) is 5.09. The zero-order valence-corrected chi connectivity index (χ0v) is 11.4. The Labute approximate surface area is 103 Å². The quantitative estimate of drug-likeness (QED) is 0.561. The maximum atomic E-state index is 11.2. The van der Waals surface area contributed by atoms with Gasteiger partial charge in [-0.25, -0.2) is 0 Å². The van der Waals surface area contributed by atoms with Gasteiger partial charge in [0, 0.05) is 12.3 Å². The van der Waals surface area contributed by atoms with E-state index in [1.54, 1.807) is 19.1 Å². The Bertz CT molecular complexity index is 299. The molecule has 0 aliphatic carbocycles. The lowest BCUT2D eigenvalue weighted by molar-refractivity contribution is -0.148. The average Bonchev–Trinajstić information content (AvgIpc) is 2.20. The van der Waals surface area contributed by atoms with Crippen LogP contribution in [0.15, 0.2) is 12.2 Å². The molecule has 0 aliphatic rings. The van der Waals surface area contributed by atoms with E-state index in [0.717, 1.165) is 0 Å². The van der Waals surface area contributed by atoms with Gasteiger partial charge in [-0.2, -0.15) is 0 Å². The fourth-order valence-electron chi connectivity index (χ4n) is 1.22. The molecular formula is C13H22O4. The first kappa shape index (κ1) is 15.7. The fraction of sp³-hybridized carbons (Fsp3) is 0.692. The minimum Gasteiger partial charge on any atom is -0.469 e. The van der Waals surface area contributed by atoms with Crippen molar-refractivity contribution in [3.05, 3.63) is 12.2 Å². The van der Waals surface area contributed by atoms with Crippen molar-refractivity contribution in [2.75, 3.05) is 7.11 Å². The summed E-state index contributed by atoms with van der Waals surface area (Å²) in [5.74, 6) is -0.988. The standard InChI is InChI=1S/C13H22O4/c1-9(12(15)16-6)7-8-11(13(3,4)5)17-10(2)14/h7-9,11H,1-6H3/b8-7+. The topological polar surface area (TPSA) is 52.6 Å². The van der Waals surface area contributed by atoms with Gasteiger partial charge in [0.1, 0.15) is 6.10 Å². The molecule has 0 saturated heterocycles. The number of carbonyl (C=O) groups excluding carboxylic acids is 2. The van der Waals surface area contributed by atoms with Crippen molar-refractivity contribution in [2.24, 2.45) is 11.3 Å². The van der Waals surface area contributed by atoms with Gasteiger partial charge in [0.2, 0.25) is 0 Å². The summed E-state index contributed by atoms with van der Waals surface area (Å²) in [5.41, 5.74) is -0.210. The molecule has 0 bridgehead atoms. The van der Waals surface area contributed by atoms with Gasteiger partial charge in [0.15, 0.2) is 0 Å². The van der Waals surface area contributed by atoms with Crippen LogP contribution in [0.25, 0.3) is 0 Å². The maximum absolute atomic E-state index is 11.2. The zero-order chi connectivity index (χ0) is 13.6. The summed E-state index contributed by atoms with van der Waals surface area (Å²) in [4.78, 5) is 22.2. The Kier molecular flexibility index (Phi) is 5.93. The van der Waals surface area contributed by atoms with E-state index in [-0.39, 0.29) is 29.4 Å². The zero-order valence-electron chi connectivity index (χ0n) is 11.4. The third-order valence-electron chi connectivity index (χ3n) is 2.29. The van der Waals surface area contributed by atoms with Gasteiger partial charge in [0.05, 0.1) is 13.0 Å². The van der Waals surface area contributed by atoms with Crippen LogP contribution in [0.5, 0.6) is 0 Å². The first-order valence-corrected chi connectivity index (χ1v) is 5.62. The summed E-state index contributed by atoms with van der Waals surface area (Å²) >= 11 is 0. The Morgan fingerprint density at radius 2 is 1.71 bits per heavy atom. The lowest BCUT2D eigenvalue weighted by atomic mass is 9.88. The van der Waals surface area contributed by atoms with Gasteiger partial charge in [-0.05, 0) is 13.0 Å². The minimum absolute atomic E-state index is 0.210. The molecule has 0 N–H and O–H groups in total. The van der Waals surface area contributed by atoms with E-state index in [9.17, 15) is 9.59 Å². The summed E-state index contributed by atoms with van der Waals surface area (Å²) < 4.78 is 9.81. The van der Waals surface area contributed by atoms with Gasteiger partial charge in [-0.1, -0.05) is 26.8 Å². The summed E-state index contributed by atoms with van der Waals surface area (Å²) in [6.07, 6.45) is 3.08. The molecule has 0 spiro atoms. The van der Waals surface area contributed by atoms with Crippen molar-refractivity contribution in [1.82, 2.24) is 0 Å². The molecule has 4 heteroatoms. The Balaban J connectivity index is 4.69. The maximum Gasteiger partial charge on any atom is 0.312 e. The molecule has 0 rings (SSSR count). The minimum atomic E-state index is -0.355. The summed E-state index contributed by atoms with van der Waals surface area (Å²) in [7, 11) is 1.35. The second kappa shape index (κ2) is 6.42. The van der Waals surface area contributed by atoms with Crippen LogP contribution < -0.4 is 0 Å². The number of carbonyl (C=O) groups is 2. The van der Waals surface area contributed by atoms with Crippen LogP contribution in [0.4, 0.5) is 0 Å². The fourth-order valence-corrected chi connectivity index (χ4v) is 1.22. The van der Waals surface area contributed by atoms with E-state index in [4.69, 9.17) is 4.74 Å². The van der Waals surface area contributed by atoms with Gasteiger partial charge >= 0.3 is 11.9 Å². The van der Waals surface area contributed by atoms with Crippen LogP contribution in [0.1, 0.15) is 34.6 Å². The smallest absolute Gasteiger partial charge is 0.312 e. The first-order chi connectivity index (χ1) is 7.68. The number of hydrogen-bond donors (Lipinski definition) is 0.